The number of carbonyl (C=O) groups is 1. The summed E-state index contributed by atoms with van der Waals surface area (Å²) in [5, 5.41) is 9.63. The molecule has 0 saturated heterocycles. The summed E-state index contributed by atoms with van der Waals surface area (Å²) in [7, 11) is 1.94. The molecule has 96 valence electrons. The molecule has 0 rings (SSSR count). The molecule has 0 radical (unpaired) electrons. The lowest BCUT2D eigenvalue weighted by molar-refractivity contribution is -0.135. The predicted octanol–water partition coefficient (Wildman–Crippen LogP) is -0.119. The molecule has 7 heteroatoms. The molecular weight excluding hydrogens is 230 g/mol. The van der Waals surface area contributed by atoms with Gasteiger partial charge in [0.15, 0.2) is 0 Å². The highest BCUT2D eigenvalue weighted by molar-refractivity contribution is 6.60. The molecule has 0 aliphatic rings. The third-order valence-electron chi connectivity index (χ3n) is 2.61. The molecule has 0 aromatic heterocycles. The molecule has 0 spiro atoms. The van der Waals surface area contributed by atoms with E-state index in [2.05, 4.69) is 0 Å². The first-order chi connectivity index (χ1) is 7.33. The van der Waals surface area contributed by atoms with E-state index in [1.54, 1.807) is 0 Å². The average molecular weight is 251 g/mol. The Kier molecular flexibility index (Phi) is 6.12. The smallest absolute Gasteiger partial charge is 0.380 e. The van der Waals surface area contributed by atoms with Crippen LogP contribution in [0.4, 0.5) is 0 Å². The lowest BCUT2D eigenvalue weighted by Gasteiger charge is -2.26. The topological polar surface area (TPSA) is 91.0 Å². The van der Waals surface area contributed by atoms with E-state index in [4.69, 9.17) is 19.0 Å². The minimum Gasteiger partial charge on any atom is -0.380 e. The van der Waals surface area contributed by atoms with Gasteiger partial charge in [-0.1, -0.05) is 0 Å². The van der Waals surface area contributed by atoms with Crippen LogP contribution in [0.1, 0.15) is 19.8 Å². The van der Waals surface area contributed by atoms with Gasteiger partial charge in [-0.2, -0.15) is 0 Å². The Balaban J connectivity index is 4.19. The van der Waals surface area contributed by atoms with Gasteiger partial charge in [-0.3, -0.25) is 4.79 Å². The summed E-state index contributed by atoms with van der Waals surface area (Å²) in [5.74, 6) is -0.730. The number of nitrogens with two attached hydrogens (primary N) is 1. The predicted molar refractivity (Wildman–Crippen MR) is 60.6 cm³/mol. The zero-order valence-electron chi connectivity index (χ0n) is 10.3. The minimum absolute atomic E-state index is 0.257. The first-order valence-electron chi connectivity index (χ1n) is 5.01. The van der Waals surface area contributed by atoms with E-state index in [0.29, 0.717) is 12.5 Å². The van der Waals surface area contributed by atoms with Crippen molar-refractivity contribution in [3.8, 4) is 0 Å². The van der Waals surface area contributed by atoms with E-state index in [1.165, 1.54) is 28.3 Å². The van der Waals surface area contributed by atoms with Crippen LogP contribution in [0.2, 0.25) is 6.04 Å². The fourth-order valence-corrected chi connectivity index (χ4v) is 3.05. The monoisotopic (exact) mass is 251 g/mol. The Bertz CT molecular complexity index is 222. The van der Waals surface area contributed by atoms with Gasteiger partial charge in [0, 0.05) is 27.4 Å². The van der Waals surface area contributed by atoms with Crippen LogP contribution >= 0.6 is 0 Å². The maximum absolute atomic E-state index is 10.9. The molecule has 3 N–H and O–H groups in total. The van der Waals surface area contributed by atoms with Crippen LogP contribution in [-0.4, -0.2) is 46.7 Å². The Morgan fingerprint density at radius 1 is 1.31 bits per heavy atom. The fourth-order valence-electron chi connectivity index (χ4n) is 1.33. The van der Waals surface area contributed by atoms with Gasteiger partial charge < -0.3 is 24.1 Å². The van der Waals surface area contributed by atoms with Gasteiger partial charge in [-0.25, -0.2) is 0 Å². The lowest BCUT2D eigenvalue weighted by atomic mass is 10.0. The van der Waals surface area contributed by atoms with Crippen molar-refractivity contribution in [1.82, 2.24) is 0 Å². The Labute approximate surface area is 97.0 Å². The second kappa shape index (κ2) is 6.31. The maximum atomic E-state index is 10.9. The van der Waals surface area contributed by atoms with Gasteiger partial charge in [0.2, 0.25) is 5.91 Å². The quantitative estimate of drug-likeness (QED) is 0.587. The van der Waals surface area contributed by atoms with Crippen molar-refractivity contribution < 1.29 is 23.2 Å². The van der Waals surface area contributed by atoms with Crippen LogP contribution in [0.15, 0.2) is 0 Å². The number of rotatable bonds is 8. The molecule has 0 saturated carbocycles. The number of amides is 1. The molecule has 6 nitrogen and oxygen atoms in total. The summed E-state index contributed by atoms with van der Waals surface area (Å²) in [6.45, 7) is 1.39. The Morgan fingerprint density at radius 3 is 2.06 bits per heavy atom. The largest absolute Gasteiger partial charge is 0.500 e. The van der Waals surface area contributed by atoms with E-state index in [-0.39, 0.29) is 6.42 Å². The van der Waals surface area contributed by atoms with E-state index in [1.807, 2.05) is 0 Å². The van der Waals surface area contributed by atoms with Crippen molar-refractivity contribution in [2.45, 2.75) is 31.4 Å². The molecule has 0 bridgehead atoms. The first kappa shape index (κ1) is 15.5. The molecule has 0 aliphatic heterocycles. The van der Waals surface area contributed by atoms with Crippen LogP contribution in [0.5, 0.6) is 0 Å². The van der Waals surface area contributed by atoms with Gasteiger partial charge in [0.25, 0.3) is 0 Å². The molecule has 0 heterocycles. The summed E-state index contributed by atoms with van der Waals surface area (Å²) < 4.78 is 15.6. The van der Waals surface area contributed by atoms with E-state index in [0.717, 1.165) is 0 Å². The third kappa shape index (κ3) is 4.18. The molecule has 0 aliphatic carbocycles. The van der Waals surface area contributed by atoms with Crippen LogP contribution in [-0.2, 0) is 18.1 Å². The lowest BCUT2D eigenvalue weighted by Crippen LogP contribution is -2.44. The normalized spacial score (nSPS) is 15.8. The van der Waals surface area contributed by atoms with Gasteiger partial charge in [-0.05, 0) is 19.8 Å². The highest BCUT2D eigenvalue weighted by Gasteiger charge is 2.38. The average Bonchev–Trinajstić information content (AvgIpc) is 2.25. The molecule has 1 atom stereocenters. The highest BCUT2D eigenvalue weighted by atomic mass is 28.4. The van der Waals surface area contributed by atoms with Gasteiger partial charge in [0.05, 0.1) is 0 Å². The number of hydrogen-bond acceptors (Lipinski definition) is 5. The molecule has 0 aromatic rings. The summed E-state index contributed by atoms with van der Waals surface area (Å²) in [4.78, 5) is 10.9. The zero-order valence-corrected chi connectivity index (χ0v) is 11.3. The summed E-state index contributed by atoms with van der Waals surface area (Å²) in [6, 6.07) is 0.528. The zero-order chi connectivity index (χ0) is 12.8. The van der Waals surface area contributed by atoms with Gasteiger partial charge >= 0.3 is 8.80 Å². The SMILES string of the molecule is CO[Si](CCCC(C)(O)C(N)=O)(OC)OC. The third-order valence-corrected chi connectivity index (χ3v) is 5.44. The van der Waals surface area contributed by atoms with E-state index >= 15 is 0 Å². The molecule has 1 amide bonds. The number of hydrogen-bond donors (Lipinski definition) is 2. The minimum atomic E-state index is -2.62. The van der Waals surface area contributed by atoms with Crippen molar-refractivity contribution in [2.75, 3.05) is 21.3 Å². The number of carbonyl (C=O) groups excluding carboxylic acids is 1. The van der Waals surface area contributed by atoms with Crippen LogP contribution < -0.4 is 5.73 Å². The highest BCUT2D eigenvalue weighted by Crippen LogP contribution is 2.20. The maximum Gasteiger partial charge on any atom is 0.500 e. The summed E-state index contributed by atoms with van der Waals surface area (Å²) >= 11 is 0. The van der Waals surface area contributed by atoms with Crippen molar-refractivity contribution in [2.24, 2.45) is 5.73 Å². The summed E-state index contributed by atoms with van der Waals surface area (Å²) in [6.07, 6.45) is 0.796. The first-order valence-corrected chi connectivity index (χ1v) is 6.94. The summed E-state index contributed by atoms with van der Waals surface area (Å²) in [5.41, 5.74) is 3.56. The fraction of sp³-hybridized carbons (Fsp3) is 0.889. The second-order valence-corrected chi connectivity index (χ2v) is 6.88. The van der Waals surface area contributed by atoms with E-state index in [9.17, 15) is 9.90 Å². The van der Waals surface area contributed by atoms with Crippen LogP contribution in [0, 0.1) is 0 Å². The molecule has 0 aromatic carbocycles. The van der Waals surface area contributed by atoms with Crippen molar-refractivity contribution in [3.63, 3.8) is 0 Å². The Morgan fingerprint density at radius 2 is 1.75 bits per heavy atom. The van der Waals surface area contributed by atoms with Crippen LogP contribution in [0.25, 0.3) is 0 Å². The van der Waals surface area contributed by atoms with Gasteiger partial charge in [-0.15, -0.1) is 0 Å². The number of primary amides is 1. The molecule has 16 heavy (non-hydrogen) atoms. The molecule has 0 fully saturated rings. The molecule has 1 unspecified atom stereocenters. The van der Waals surface area contributed by atoms with Crippen LogP contribution in [0.3, 0.4) is 0 Å². The van der Waals surface area contributed by atoms with Crippen molar-refractivity contribution >= 4 is 14.7 Å². The van der Waals surface area contributed by atoms with Crippen molar-refractivity contribution in [3.05, 3.63) is 0 Å². The van der Waals surface area contributed by atoms with Crippen molar-refractivity contribution in [1.29, 1.82) is 0 Å². The standard InChI is InChI=1S/C9H21NO5Si/c1-9(12,8(10)11)6-5-7-16(13-2,14-3)15-4/h12H,5-7H2,1-4H3,(H2,10,11). The van der Waals surface area contributed by atoms with Gasteiger partial charge in [0.1, 0.15) is 5.60 Å². The number of aliphatic hydroxyl groups is 1. The Hall–Kier alpha value is -0.473. The van der Waals surface area contributed by atoms with E-state index < -0.39 is 20.3 Å². The molecular formula is C9H21NO5Si. The second-order valence-electron chi connectivity index (χ2n) is 3.79.